The summed E-state index contributed by atoms with van der Waals surface area (Å²) in [6.45, 7) is 4.98. The van der Waals surface area contributed by atoms with E-state index in [1.165, 1.54) is 22.5 Å². The summed E-state index contributed by atoms with van der Waals surface area (Å²) in [5, 5.41) is 5.42. The van der Waals surface area contributed by atoms with Crippen molar-refractivity contribution in [3.05, 3.63) is 81.3 Å². The zero-order chi connectivity index (χ0) is 17.6. The fraction of sp³-hybridized carbons (Fsp3) is 0.200. The van der Waals surface area contributed by atoms with Gasteiger partial charge in [-0.1, -0.05) is 36.4 Å². The Bertz CT molecular complexity index is 859. The summed E-state index contributed by atoms with van der Waals surface area (Å²) in [5.74, 6) is 0.644. The molecular formula is C20H20N2O2S. The maximum Gasteiger partial charge on any atom is 0.271 e. The van der Waals surface area contributed by atoms with Gasteiger partial charge in [-0.15, -0.1) is 11.3 Å². The third-order valence-corrected chi connectivity index (χ3v) is 4.74. The van der Waals surface area contributed by atoms with E-state index in [9.17, 15) is 4.79 Å². The molecule has 1 aromatic heterocycles. The monoisotopic (exact) mass is 352 g/mol. The average Bonchev–Trinajstić information content (AvgIpc) is 3.11. The number of aromatic nitrogens is 1. The first kappa shape index (κ1) is 17.2. The number of rotatable bonds is 6. The molecule has 0 bridgehead atoms. The molecule has 1 heterocycles. The van der Waals surface area contributed by atoms with Crippen molar-refractivity contribution >= 4 is 17.2 Å². The number of hydrogen-bond acceptors (Lipinski definition) is 4. The minimum Gasteiger partial charge on any atom is -0.486 e. The second-order valence-electron chi connectivity index (χ2n) is 5.83. The minimum absolute atomic E-state index is 0.169. The van der Waals surface area contributed by atoms with Gasteiger partial charge in [0.15, 0.2) is 0 Å². The highest BCUT2D eigenvalue weighted by Crippen LogP contribution is 2.19. The van der Waals surface area contributed by atoms with Crippen molar-refractivity contribution in [1.82, 2.24) is 10.3 Å². The van der Waals surface area contributed by atoms with Crippen LogP contribution in [0.15, 0.2) is 53.9 Å². The molecule has 0 saturated carbocycles. The maximum atomic E-state index is 12.2. The summed E-state index contributed by atoms with van der Waals surface area (Å²) in [6, 6.07) is 15.8. The van der Waals surface area contributed by atoms with Gasteiger partial charge in [-0.05, 0) is 42.7 Å². The first-order valence-electron chi connectivity index (χ1n) is 8.08. The van der Waals surface area contributed by atoms with Crippen LogP contribution >= 0.6 is 11.3 Å². The van der Waals surface area contributed by atoms with Crippen LogP contribution in [-0.4, -0.2) is 10.9 Å². The van der Waals surface area contributed by atoms with Crippen molar-refractivity contribution in [2.45, 2.75) is 27.0 Å². The number of benzene rings is 2. The molecule has 3 aromatic rings. The SMILES string of the molecule is Cc1ccc(OCc2nc(C(=O)NCc3ccccc3)cs2)cc1C. The molecule has 0 spiro atoms. The van der Waals surface area contributed by atoms with Gasteiger partial charge >= 0.3 is 0 Å². The lowest BCUT2D eigenvalue weighted by Gasteiger charge is -2.06. The Morgan fingerprint density at radius 3 is 2.68 bits per heavy atom. The Morgan fingerprint density at radius 2 is 1.92 bits per heavy atom. The van der Waals surface area contributed by atoms with Gasteiger partial charge in [-0.3, -0.25) is 4.79 Å². The minimum atomic E-state index is -0.169. The normalized spacial score (nSPS) is 10.5. The van der Waals surface area contributed by atoms with E-state index in [2.05, 4.69) is 24.1 Å². The van der Waals surface area contributed by atoms with Crippen molar-refractivity contribution in [3.63, 3.8) is 0 Å². The molecule has 0 atom stereocenters. The van der Waals surface area contributed by atoms with E-state index in [1.54, 1.807) is 5.38 Å². The van der Waals surface area contributed by atoms with Crippen LogP contribution in [0.2, 0.25) is 0 Å². The van der Waals surface area contributed by atoms with E-state index >= 15 is 0 Å². The van der Waals surface area contributed by atoms with E-state index in [-0.39, 0.29) is 5.91 Å². The summed E-state index contributed by atoms with van der Waals surface area (Å²) < 4.78 is 5.77. The standard InChI is InChI=1S/C20H20N2O2S/c1-14-8-9-17(10-15(14)2)24-12-19-22-18(13-25-19)20(23)21-11-16-6-4-3-5-7-16/h3-10,13H,11-12H2,1-2H3,(H,21,23). The third-order valence-electron chi connectivity index (χ3n) is 3.92. The zero-order valence-corrected chi connectivity index (χ0v) is 15.1. The molecule has 5 heteroatoms. The largest absolute Gasteiger partial charge is 0.486 e. The van der Waals surface area contributed by atoms with Crippen LogP contribution in [0.4, 0.5) is 0 Å². The van der Waals surface area contributed by atoms with Crippen LogP contribution in [0.1, 0.15) is 32.2 Å². The van der Waals surface area contributed by atoms with Crippen LogP contribution < -0.4 is 10.1 Å². The number of amides is 1. The fourth-order valence-corrected chi connectivity index (χ4v) is 2.98. The number of carbonyl (C=O) groups is 1. The third kappa shape index (κ3) is 4.67. The van der Waals surface area contributed by atoms with Crippen molar-refractivity contribution in [2.75, 3.05) is 0 Å². The number of hydrogen-bond donors (Lipinski definition) is 1. The molecule has 0 unspecified atom stereocenters. The molecule has 0 radical (unpaired) electrons. The molecule has 1 N–H and O–H groups in total. The molecule has 4 nitrogen and oxygen atoms in total. The van der Waals surface area contributed by atoms with Crippen molar-refractivity contribution < 1.29 is 9.53 Å². The first-order valence-corrected chi connectivity index (χ1v) is 8.96. The number of ether oxygens (including phenoxy) is 1. The van der Waals surface area contributed by atoms with Gasteiger partial charge < -0.3 is 10.1 Å². The molecular weight excluding hydrogens is 332 g/mol. The Morgan fingerprint density at radius 1 is 1.12 bits per heavy atom. The molecule has 128 valence electrons. The highest BCUT2D eigenvalue weighted by Gasteiger charge is 2.11. The summed E-state index contributed by atoms with van der Waals surface area (Å²) in [6.07, 6.45) is 0. The molecule has 0 aliphatic heterocycles. The second kappa shape index (κ2) is 7.94. The van der Waals surface area contributed by atoms with Crippen LogP contribution in [0.5, 0.6) is 5.75 Å². The van der Waals surface area contributed by atoms with E-state index in [1.807, 2.05) is 48.5 Å². The molecule has 3 rings (SSSR count). The van der Waals surface area contributed by atoms with Crippen LogP contribution in [-0.2, 0) is 13.2 Å². The van der Waals surface area contributed by atoms with E-state index in [4.69, 9.17) is 4.74 Å². The van der Waals surface area contributed by atoms with Gasteiger partial charge in [0.05, 0.1) is 0 Å². The Hall–Kier alpha value is -2.66. The summed E-state index contributed by atoms with van der Waals surface area (Å²) in [4.78, 5) is 16.5. The van der Waals surface area contributed by atoms with Crippen molar-refractivity contribution in [2.24, 2.45) is 0 Å². The Kier molecular flexibility index (Phi) is 5.46. The predicted octanol–water partition coefficient (Wildman–Crippen LogP) is 4.27. The lowest BCUT2D eigenvalue weighted by Crippen LogP contribution is -2.23. The van der Waals surface area contributed by atoms with Crippen LogP contribution in [0.3, 0.4) is 0 Å². The van der Waals surface area contributed by atoms with Gasteiger partial charge in [0.2, 0.25) is 0 Å². The van der Waals surface area contributed by atoms with Gasteiger partial charge in [0.25, 0.3) is 5.91 Å². The van der Waals surface area contributed by atoms with Crippen molar-refractivity contribution in [1.29, 1.82) is 0 Å². The molecule has 0 aliphatic rings. The lowest BCUT2D eigenvalue weighted by atomic mass is 10.1. The van der Waals surface area contributed by atoms with Crippen molar-refractivity contribution in [3.8, 4) is 5.75 Å². The molecule has 0 aliphatic carbocycles. The summed E-state index contributed by atoms with van der Waals surface area (Å²) in [7, 11) is 0. The van der Waals surface area contributed by atoms with Gasteiger partial charge in [0, 0.05) is 11.9 Å². The smallest absolute Gasteiger partial charge is 0.271 e. The molecule has 0 saturated heterocycles. The molecule has 1 amide bonds. The topological polar surface area (TPSA) is 51.2 Å². The quantitative estimate of drug-likeness (QED) is 0.721. The van der Waals surface area contributed by atoms with Crippen LogP contribution in [0.25, 0.3) is 0 Å². The highest BCUT2D eigenvalue weighted by atomic mass is 32.1. The number of nitrogens with one attached hydrogen (secondary N) is 1. The average molecular weight is 352 g/mol. The number of nitrogens with zero attached hydrogens (tertiary/aromatic N) is 1. The molecule has 25 heavy (non-hydrogen) atoms. The second-order valence-corrected chi connectivity index (χ2v) is 6.77. The van der Waals surface area contributed by atoms with E-state index in [0.29, 0.717) is 18.8 Å². The predicted molar refractivity (Wildman–Crippen MR) is 100.0 cm³/mol. The van der Waals surface area contributed by atoms with Gasteiger partial charge in [0.1, 0.15) is 23.1 Å². The van der Waals surface area contributed by atoms with E-state index in [0.717, 1.165) is 16.3 Å². The number of aryl methyl sites for hydroxylation is 2. The fourth-order valence-electron chi connectivity index (χ4n) is 2.30. The van der Waals surface area contributed by atoms with Gasteiger partial charge in [-0.2, -0.15) is 0 Å². The lowest BCUT2D eigenvalue weighted by molar-refractivity contribution is 0.0946. The number of carbonyl (C=O) groups excluding carboxylic acids is 1. The number of thiazole rings is 1. The molecule has 2 aromatic carbocycles. The summed E-state index contributed by atoms with van der Waals surface area (Å²) in [5.41, 5.74) is 3.92. The summed E-state index contributed by atoms with van der Waals surface area (Å²) >= 11 is 1.43. The zero-order valence-electron chi connectivity index (χ0n) is 14.3. The molecule has 0 fully saturated rings. The Balaban J connectivity index is 1.54. The van der Waals surface area contributed by atoms with Gasteiger partial charge in [-0.25, -0.2) is 4.98 Å². The highest BCUT2D eigenvalue weighted by molar-refractivity contribution is 7.09. The Labute approximate surface area is 151 Å². The van der Waals surface area contributed by atoms with E-state index < -0.39 is 0 Å². The maximum absolute atomic E-state index is 12.2. The first-order chi connectivity index (χ1) is 12.1. The van der Waals surface area contributed by atoms with Crippen LogP contribution in [0, 0.1) is 13.8 Å².